The topological polar surface area (TPSA) is 54.0 Å². The third-order valence-electron chi connectivity index (χ3n) is 7.82. The van der Waals surface area contributed by atoms with E-state index in [4.69, 9.17) is 18.9 Å². The van der Waals surface area contributed by atoms with Crippen LogP contribution in [0.4, 0.5) is 0 Å². The Labute approximate surface area is 129 Å². The summed E-state index contributed by atoms with van der Waals surface area (Å²) in [5, 5.41) is 0. The van der Waals surface area contributed by atoms with Gasteiger partial charge >= 0.3 is 5.97 Å². The van der Waals surface area contributed by atoms with Crippen LogP contribution in [0.2, 0.25) is 0 Å². The SMILES string of the molecule is CCOC(=O)COC12OCCOC34CC5C6CC(C5C31)C2C64. The summed E-state index contributed by atoms with van der Waals surface area (Å²) >= 11 is 0. The van der Waals surface area contributed by atoms with Gasteiger partial charge in [-0.05, 0) is 49.4 Å². The van der Waals surface area contributed by atoms with E-state index in [-0.39, 0.29) is 18.2 Å². The van der Waals surface area contributed by atoms with Gasteiger partial charge in [0.15, 0.2) is 5.79 Å². The number of rotatable bonds is 4. The molecule has 6 aliphatic carbocycles. The second kappa shape index (κ2) is 3.70. The van der Waals surface area contributed by atoms with E-state index in [1.165, 1.54) is 12.8 Å². The summed E-state index contributed by atoms with van der Waals surface area (Å²) in [5.41, 5.74) is 0.00281. The number of carbonyl (C=O) groups is 1. The summed E-state index contributed by atoms with van der Waals surface area (Å²) in [6.07, 6.45) is 2.54. The summed E-state index contributed by atoms with van der Waals surface area (Å²) < 4.78 is 24.0. The van der Waals surface area contributed by atoms with E-state index in [0.717, 1.165) is 17.8 Å². The zero-order valence-electron chi connectivity index (χ0n) is 12.8. The van der Waals surface area contributed by atoms with Gasteiger partial charge in [-0.3, -0.25) is 0 Å². The molecule has 7 rings (SSSR count). The summed E-state index contributed by atoms with van der Waals surface area (Å²) in [6, 6.07) is 0. The zero-order valence-corrected chi connectivity index (χ0v) is 12.8. The van der Waals surface area contributed by atoms with E-state index in [1.54, 1.807) is 0 Å². The highest BCUT2D eigenvalue weighted by molar-refractivity contribution is 5.70. The fourth-order valence-corrected chi connectivity index (χ4v) is 8.02. The molecule has 5 heteroatoms. The number of esters is 1. The van der Waals surface area contributed by atoms with E-state index in [2.05, 4.69) is 0 Å². The summed E-state index contributed by atoms with van der Waals surface area (Å²) in [6.45, 7) is 3.48. The van der Waals surface area contributed by atoms with Crippen LogP contribution < -0.4 is 0 Å². The van der Waals surface area contributed by atoms with Crippen molar-refractivity contribution in [2.24, 2.45) is 41.4 Å². The molecular formula is C17H22O5. The van der Waals surface area contributed by atoms with Gasteiger partial charge in [-0.2, -0.15) is 0 Å². The second-order valence-electron chi connectivity index (χ2n) is 8.00. The van der Waals surface area contributed by atoms with Crippen LogP contribution in [0.1, 0.15) is 19.8 Å². The van der Waals surface area contributed by atoms with Crippen molar-refractivity contribution in [3.63, 3.8) is 0 Å². The Morgan fingerprint density at radius 2 is 2.05 bits per heavy atom. The molecule has 0 aromatic carbocycles. The summed E-state index contributed by atoms with van der Waals surface area (Å²) in [7, 11) is 0. The minimum atomic E-state index is -0.566. The highest BCUT2D eigenvalue weighted by atomic mass is 16.7. The van der Waals surface area contributed by atoms with Crippen molar-refractivity contribution >= 4 is 5.97 Å². The molecule has 0 radical (unpaired) electrons. The maximum absolute atomic E-state index is 11.8. The Kier molecular flexibility index (Phi) is 2.14. The molecule has 1 spiro atoms. The normalized spacial score (nSPS) is 61.4. The minimum Gasteiger partial charge on any atom is -0.464 e. The lowest BCUT2D eigenvalue weighted by atomic mass is 9.69. The first kappa shape index (κ1) is 12.7. The largest absolute Gasteiger partial charge is 0.464 e. The molecule has 7 aliphatic rings. The van der Waals surface area contributed by atoms with Gasteiger partial charge in [-0.25, -0.2) is 4.79 Å². The van der Waals surface area contributed by atoms with Gasteiger partial charge in [-0.15, -0.1) is 0 Å². The predicted molar refractivity (Wildman–Crippen MR) is 73.6 cm³/mol. The second-order valence-corrected chi connectivity index (χ2v) is 8.00. The van der Waals surface area contributed by atoms with Crippen molar-refractivity contribution in [2.45, 2.75) is 31.2 Å². The van der Waals surface area contributed by atoms with E-state index in [0.29, 0.717) is 43.5 Å². The van der Waals surface area contributed by atoms with Crippen LogP contribution in [0, 0.1) is 41.4 Å². The number of carbonyl (C=O) groups excluding carboxylic acids is 1. The smallest absolute Gasteiger partial charge is 0.332 e. The van der Waals surface area contributed by atoms with Crippen molar-refractivity contribution in [2.75, 3.05) is 26.4 Å². The van der Waals surface area contributed by atoms with Crippen LogP contribution in [0.25, 0.3) is 0 Å². The van der Waals surface area contributed by atoms with Crippen LogP contribution in [0.5, 0.6) is 0 Å². The average Bonchev–Trinajstić information content (AvgIpc) is 3.17. The molecule has 0 N–H and O–H groups in total. The lowest BCUT2D eigenvalue weighted by Crippen LogP contribution is -2.47. The van der Waals surface area contributed by atoms with Gasteiger partial charge in [0.25, 0.3) is 0 Å². The number of hydrogen-bond acceptors (Lipinski definition) is 5. The molecule has 22 heavy (non-hydrogen) atoms. The Hall–Kier alpha value is -0.650. The fraction of sp³-hybridized carbons (Fsp3) is 0.941. The van der Waals surface area contributed by atoms with E-state index < -0.39 is 5.79 Å². The molecule has 0 amide bonds. The molecule has 1 saturated heterocycles. The van der Waals surface area contributed by atoms with Crippen LogP contribution in [0.3, 0.4) is 0 Å². The minimum absolute atomic E-state index is 0.00281. The molecule has 9 unspecified atom stereocenters. The van der Waals surface area contributed by atoms with Crippen molar-refractivity contribution in [3.05, 3.63) is 0 Å². The van der Waals surface area contributed by atoms with Gasteiger partial charge in [0.05, 0.1) is 25.4 Å². The molecule has 120 valence electrons. The van der Waals surface area contributed by atoms with E-state index in [9.17, 15) is 4.79 Å². The maximum atomic E-state index is 11.8. The van der Waals surface area contributed by atoms with Crippen LogP contribution >= 0.6 is 0 Å². The van der Waals surface area contributed by atoms with Crippen molar-refractivity contribution < 1.29 is 23.7 Å². The highest BCUT2D eigenvalue weighted by Gasteiger charge is 2.92. The van der Waals surface area contributed by atoms with Gasteiger partial charge in [-0.1, -0.05) is 0 Å². The third kappa shape index (κ3) is 1.06. The predicted octanol–water partition coefficient (Wildman–Crippen LogP) is 1.21. The Morgan fingerprint density at radius 3 is 2.91 bits per heavy atom. The third-order valence-corrected chi connectivity index (χ3v) is 7.82. The van der Waals surface area contributed by atoms with Gasteiger partial charge in [0, 0.05) is 11.8 Å². The molecule has 1 heterocycles. The molecule has 7 bridgehead atoms. The quantitative estimate of drug-likeness (QED) is 0.731. The maximum Gasteiger partial charge on any atom is 0.332 e. The Balaban J connectivity index is 1.40. The first-order valence-corrected chi connectivity index (χ1v) is 8.80. The van der Waals surface area contributed by atoms with Crippen molar-refractivity contribution in [1.82, 2.24) is 0 Å². The molecule has 9 atom stereocenters. The summed E-state index contributed by atoms with van der Waals surface area (Å²) in [4.78, 5) is 11.8. The molecule has 1 aliphatic heterocycles. The molecule has 0 aromatic rings. The Bertz CT molecular complexity index is 563. The van der Waals surface area contributed by atoms with E-state index >= 15 is 0 Å². The lowest BCUT2D eigenvalue weighted by molar-refractivity contribution is -0.265. The zero-order chi connectivity index (χ0) is 14.7. The van der Waals surface area contributed by atoms with Gasteiger partial charge < -0.3 is 18.9 Å². The first-order valence-electron chi connectivity index (χ1n) is 8.80. The highest BCUT2D eigenvalue weighted by Crippen LogP contribution is 2.88. The molecule has 0 aromatic heterocycles. The van der Waals surface area contributed by atoms with Crippen LogP contribution in [-0.4, -0.2) is 43.8 Å². The van der Waals surface area contributed by atoms with Crippen LogP contribution in [-0.2, 0) is 23.7 Å². The van der Waals surface area contributed by atoms with Crippen molar-refractivity contribution in [3.8, 4) is 0 Å². The monoisotopic (exact) mass is 306 g/mol. The van der Waals surface area contributed by atoms with Crippen molar-refractivity contribution in [1.29, 1.82) is 0 Å². The summed E-state index contributed by atoms with van der Waals surface area (Å²) in [5.74, 6) is 3.66. The number of ether oxygens (including phenoxy) is 4. The van der Waals surface area contributed by atoms with Crippen LogP contribution in [0.15, 0.2) is 0 Å². The molecular weight excluding hydrogens is 284 g/mol. The lowest BCUT2D eigenvalue weighted by Gasteiger charge is -2.40. The number of hydrogen-bond donors (Lipinski definition) is 0. The first-order chi connectivity index (χ1) is 10.7. The van der Waals surface area contributed by atoms with Gasteiger partial charge in [0.2, 0.25) is 0 Å². The molecule has 6 saturated carbocycles. The standard InChI is InChI=1S/C17H22O5/c1-2-19-11(18)7-22-17-14-9-5-8-10-6-16(13(8)14,15(17)12(9)10)20-3-4-21-17/h8-10,12-15H,2-7H2,1H3. The molecule has 5 nitrogen and oxygen atoms in total. The van der Waals surface area contributed by atoms with E-state index in [1.807, 2.05) is 6.92 Å². The Morgan fingerprint density at radius 1 is 1.18 bits per heavy atom. The van der Waals surface area contributed by atoms with Gasteiger partial charge in [0.1, 0.15) is 6.61 Å². The fourth-order valence-electron chi connectivity index (χ4n) is 8.02. The molecule has 7 fully saturated rings. The average molecular weight is 306 g/mol.